The zero-order chi connectivity index (χ0) is 33.3. The number of aliphatic hydroxyl groups is 10. The highest BCUT2D eigenvalue weighted by atomic mass is 16.8. The van der Waals surface area contributed by atoms with Gasteiger partial charge in [-0.05, 0) is 13.8 Å². The second-order valence-electron chi connectivity index (χ2n) is 11.8. The zero-order valence-electron chi connectivity index (χ0n) is 24.8. The maximum atomic E-state index is 12.2. The molecule has 0 aromatic heterocycles. The van der Waals surface area contributed by atoms with Gasteiger partial charge in [-0.25, -0.2) is 0 Å². The summed E-state index contributed by atoms with van der Waals surface area (Å²) in [6.07, 6.45) is -27.7. The lowest BCUT2D eigenvalue weighted by atomic mass is 9.94. The molecule has 19 nitrogen and oxygen atoms in total. The van der Waals surface area contributed by atoms with Crippen molar-refractivity contribution < 1.29 is 89.0 Å². The SMILES string of the molecule is CC(=O)N[C@@H]1[C@@H](O[C@@H]2O[C@H](CO)[C@H](O)[C@H](O)[C@H]2O[C@@H]2O[C@@H](C)C[C@@H](O)[C@@H]2O)[C@H](O[C@@H]2O[C@@H](C)[C@@H](O)[C@@H](O)[C@@H]2O)[C@@H](CO)O[C@H]1O. The quantitative estimate of drug-likeness (QED) is 0.110. The predicted molar refractivity (Wildman–Crippen MR) is 141 cm³/mol. The molecule has 262 valence electrons. The monoisotopic (exact) mass is 659 g/mol. The van der Waals surface area contributed by atoms with Crippen LogP contribution in [0.4, 0.5) is 0 Å². The largest absolute Gasteiger partial charge is 0.394 e. The summed E-state index contributed by atoms with van der Waals surface area (Å²) in [6.45, 7) is 2.48. The minimum Gasteiger partial charge on any atom is -0.394 e. The average Bonchev–Trinajstić information content (AvgIpc) is 2.99. The van der Waals surface area contributed by atoms with E-state index in [0.29, 0.717) is 0 Å². The fraction of sp³-hybridized carbons (Fsp3) is 0.962. The minimum atomic E-state index is -1.86. The molecule has 4 rings (SSSR count). The Hall–Kier alpha value is -1.21. The van der Waals surface area contributed by atoms with E-state index in [2.05, 4.69) is 5.32 Å². The molecule has 4 aliphatic rings. The van der Waals surface area contributed by atoms with Gasteiger partial charge in [0.15, 0.2) is 25.2 Å². The Morgan fingerprint density at radius 2 is 1.27 bits per heavy atom. The average molecular weight is 660 g/mol. The van der Waals surface area contributed by atoms with Crippen LogP contribution in [0.3, 0.4) is 0 Å². The summed E-state index contributed by atoms with van der Waals surface area (Å²) in [6, 6.07) is -1.50. The van der Waals surface area contributed by atoms with E-state index in [9.17, 15) is 55.9 Å². The molecule has 0 aromatic carbocycles. The van der Waals surface area contributed by atoms with Gasteiger partial charge in [0, 0.05) is 13.3 Å². The maximum Gasteiger partial charge on any atom is 0.217 e. The van der Waals surface area contributed by atoms with Crippen LogP contribution in [0.25, 0.3) is 0 Å². The van der Waals surface area contributed by atoms with E-state index in [1.807, 2.05) is 0 Å². The second-order valence-corrected chi connectivity index (χ2v) is 11.8. The summed E-state index contributed by atoms with van der Waals surface area (Å²) in [5, 5.41) is 107. The van der Waals surface area contributed by atoms with Crippen molar-refractivity contribution in [3.05, 3.63) is 0 Å². The first-order valence-electron chi connectivity index (χ1n) is 14.7. The maximum absolute atomic E-state index is 12.2. The molecule has 19 heteroatoms. The Morgan fingerprint density at radius 1 is 0.667 bits per heavy atom. The number of nitrogens with one attached hydrogen (secondary N) is 1. The van der Waals surface area contributed by atoms with Gasteiger partial charge in [-0.3, -0.25) is 4.79 Å². The first-order valence-corrected chi connectivity index (χ1v) is 14.7. The summed E-state index contributed by atoms with van der Waals surface area (Å²) >= 11 is 0. The number of aliphatic hydroxyl groups excluding tert-OH is 10. The van der Waals surface area contributed by atoms with Crippen molar-refractivity contribution in [2.45, 2.75) is 144 Å². The molecule has 11 N–H and O–H groups in total. The zero-order valence-corrected chi connectivity index (χ0v) is 24.8. The van der Waals surface area contributed by atoms with E-state index >= 15 is 0 Å². The van der Waals surface area contributed by atoms with E-state index in [0.717, 1.165) is 6.92 Å². The summed E-state index contributed by atoms with van der Waals surface area (Å²) < 4.78 is 40.1. The van der Waals surface area contributed by atoms with Crippen molar-refractivity contribution >= 4 is 5.91 Å². The Kier molecular flexibility index (Phi) is 12.5. The second kappa shape index (κ2) is 15.3. The molecule has 1 amide bonds. The number of carbonyl (C=O) groups is 1. The van der Waals surface area contributed by atoms with Gasteiger partial charge in [0.2, 0.25) is 5.91 Å². The first kappa shape index (κ1) is 36.6. The van der Waals surface area contributed by atoms with Crippen molar-refractivity contribution in [1.29, 1.82) is 0 Å². The van der Waals surface area contributed by atoms with Crippen LogP contribution in [-0.4, -0.2) is 187 Å². The van der Waals surface area contributed by atoms with Crippen LogP contribution in [-0.2, 0) is 38.0 Å². The molecule has 4 aliphatic heterocycles. The Morgan fingerprint density at radius 3 is 1.89 bits per heavy atom. The molecule has 4 heterocycles. The fourth-order valence-corrected chi connectivity index (χ4v) is 5.82. The molecule has 0 spiro atoms. The van der Waals surface area contributed by atoms with Crippen molar-refractivity contribution in [3.8, 4) is 0 Å². The normalized spacial score (nSPS) is 51.1. The molecule has 19 atom stereocenters. The van der Waals surface area contributed by atoms with Crippen molar-refractivity contribution in [2.75, 3.05) is 13.2 Å². The molecule has 0 radical (unpaired) electrons. The third-order valence-electron chi connectivity index (χ3n) is 8.34. The molecule has 0 aliphatic carbocycles. The lowest BCUT2D eigenvalue weighted by molar-refractivity contribution is -0.387. The molecular weight excluding hydrogens is 614 g/mol. The molecule has 0 aromatic rings. The third-order valence-corrected chi connectivity index (χ3v) is 8.34. The molecule has 4 saturated heterocycles. The number of amides is 1. The molecule has 4 fully saturated rings. The summed E-state index contributed by atoms with van der Waals surface area (Å²) in [5.74, 6) is -0.679. The van der Waals surface area contributed by atoms with E-state index in [-0.39, 0.29) is 6.42 Å². The van der Waals surface area contributed by atoms with E-state index in [4.69, 9.17) is 33.2 Å². The van der Waals surface area contributed by atoms with Gasteiger partial charge in [-0.15, -0.1) is 0 Å². The van der Waals surface area contributed by atoms with Gasteiger partial charge >= 0.3 is 0 Å². The van der Waals surface area contributed by atoms with Gasteiger partial charge in [0.1, 0.15) is 73.2 Å². The molecule has 0 bridgehead atoms. The van der Waals surface area contributed by atoms with E-state index in [1.54, 1.807) is 6.92 Å². The van der Waals surface area contributed by atoms with Crippen LogP contribution in [0.15, 0.2) is 0 Å². The Balaban J connectivity index is 1.69. The highest BCUT2D eigenvalue weighted by Gasteiger charge is 2.55. The minimum absolute atomic E-state index is 0.0687. The van der Waals surface area contributed by atoms with E-state index < -0.39 is 136 Å². The summed E-state index contributed by atoms with van der Waals surface area (Å²) in [7, 11) is 0. The van der Waals surface area contributed by atoms with Gasteiger partial charge in [0.05, 0.1) is 31.5 Å². The van der Waals surface area contributed by atoms with Gasteiger partial charge in [0.25, 0.3) is 0 Å². The van der Waals surface area contributed by atoms with Gasteiger partial charge < -0.3 is 89.5 Å². The van der Waals surface area contributed by atoms with Gasteiger partial charge in [-0.2, -0.15) is 0 Å². The predicted octanol–water partition coefficient (Wildman–Crippen LogP) is -6.52. The number of hydrogen-bond donors (Lipinski definition) is 11. The van der Waals surface area contributed by atoms with Crippen molar-refractivity contribution in [1.82, 2.24) is 5.32 Å². The highest BCUT2D eigenvalue weighted by molar-refractivity contribution is 5.73. The smallest absolute Gasteiger partial charge is 0.217 e. The molecular formula is C26H45NO18. The highest BCUT2D eigenvalue weighted by Crippen LogP contribution is 2.35. The number of ether oxygens (including phenoxy) is 7. The third kappa shape index (κ3) is 7.92. The molecule has 0 unspecified atom stereocenters. The topological polar surface area (TPSA) is 296 Å². The lowest BCUT2D eigenvalue weighted by Gasteiger charge is -2.50. The Bertz CT molecular complexity index is 965. The Labute approximate surface area is 257 Å². The van der Waals surface area contributed by atoms with Crippen molar-refractivity contribution in [3.63, 3.8) is 0 Å². The van der Waals surface area contributed by atoms with Crippen LogP contribution >= 0.6 is 0 Å². The van der Waals surface area contributed by atoms with Crippen LogP contribution < -0.4 is 5.32 Å². The van der Waals surface area contributed by atoms with Crippen LogP contribution in [0, 0.1) is 0 Å². The summed E-state index contributed by atoms with van der Waals surface area (Å²) in [4.78, 5) is 12.2. The van der Waals surface area contributed by atoms with Gasteiger partial charge in [-0.1, -0.05) is 0 Å². The van der Waals surface area contributed by atoms with Crippen molar-refractivity contribution in [2.24, 2.45) is 0 Å². The summed E-state index contributed by atoms with van der Waals surface area (Å²) in [5.41, 5.74) is 0. The first-order chi connectivity index (χ1) is 21.2. The van der Waals surface area contributed by atoms with E-state index in [1.165, 1.54) is 6.92 Å². The number of rotatable bonds is 9. The van der Waals surface area contributed by atoms with Crippen LogP contribution in [0.2, 0.25) is 0 Å². The lowest BCUT2D eigenvalue weighted by Crippen LogP contribution is -2.70. The van der Waals surface area contributed by atoms with Crippen LogP contribution in [0.1, 0.15) is 27.2 Å². The molecule has 0 saturated carbocycles. The molecule has 45 heavy (non-hydrogen) atoms. The van der Waals surface area contributed by atoms with Crippen LogP contribution in [0.5, 0.6) is 0 Å². The number of hydrogen-bond acceptors (Lipinski definition) is 18. The number of carbonyl (C=O) groups excluding carboxylic acids is 1. The standard InChI is InChI=1S/C26H45NO18/c1-7-4-10(31)15(33)24(39-7)45-22-18(36)16(34)11(5-28)42-26(22)44-21-13(27-9(3)30)23(38)41-12(6-29)20(21)43-25-19(37)17(35)14(32)8(2)40-25/h7-8,10-26,28-29,31-38H,4-6H2,1-3H3,(H,27,30)/t7-,8-,10+,11+,12+,13+,14+,15-,16-,17+,18-,19-,20+,21+,22+,23+,24-,25-,26-/m0/s1. The fourth-order valence-electron chi connectivity index (χ4n) is 5.82.